The molecule has 2 fully saturated rings. The van der Waals surface area contributed by atoms with Gasteiger partial charge in [0.25, 0.3) is 5.91 Å². The van der Waals surface area contributed by atoms with Crippen molar-refractivity contribution in [3.8, 4) is 11.8 Å². The van der Waals surface area contributed by atoms with Crippen LogP contribution in [0.2, 0.25) is 0 Å². The third-order valence-corrected chi connectivity index (χ3v) is 5.59. The van der Waals surface area contributed by atoms with Gasteiger partial charge in [-0.2, -0.15) is 0 Å². The highest BCUT2D eigenvalue weighted by atomic mass is 16.5. The van der Waals surface area contributed by atoms with E-state index in [-0.39, 0.29) is 36.9 Å². The first-order valence-corrected chi connectivity index (χ1v) is 9.53. The number of imide groups is 1. The van der Waals surface area contributed by atoms with Crippen molar-refractivity contribution in [3.05, 3.63) is 34.9 Å². The number of carboxylic acids is 1. The number of aliphatic carboxylic acids is 1. The number of nitrogens with one attached hydrogen (secondary N) is 1. The topological polar surface area (TPSA) is 113 Å². The molecule has 1 saturated heterocycles. The Kier molecular flexibility index (Phi) is 5.07. The van der Waals surface area contributed by atoms with Crippen LogP contribution < -0.4 is 5.32 Å². The van der Waals surface area contributed by atoms with Crippen LogP contribution in [0.25, 0.3) is 0 Å². The summed E-state index contributed by atoms with van der Waals surface area (Å²) in [6.07, 6.45) is 1.55. The number of carboxylic acid groups (broad SMARTS) is 1. The van der Waals surface area contributed by atoms with Crippen molar-refractivity contribution in [1.29, 1.82) is 0 Å². The maximum absolute atomic E-state index is 12.6. The smallest absolute Gasteiger partial charge is 0.306 e. The van der Waals surface area contributed by atoms with Gasteiger partial charge in [0.1, 0.15) is 12.6 Å². The molecule has 1 atom stereocenters. The molecule has 8 nitrogen and oxygen atoms in total. The van der Waals surface area contributed by atoms with E-state index in [1.165, 1.54) is 4.90 Å². The lowest BCUT2D eigenvalue weighted by Crippen LogP contribution is -2.52. The van der Waals surface area contributed by atoms with Gasteiger partial charge in [0.15, 0.2) is 0 Å². The van der Waals surface area contributed by atoms with Crippen molar-refractivity contribution < 1.29 is 29.0 Å². The summed E-state index contributed by atoms with van der Waals surface area (Å²) in [4.78, 5) is 48.3. The van der Waals surface area contributed by atoms with E-state index in [0.29, 0.717) is 31.4 Å². The van der Waals surface area contributed by atoms with E-state index in [1.54, 1.807) is 12.1 Å². The molecule has 1 aromatic rings. The lowest BCUT2D eigenvalue weighted by atomic mass is 9.82. The molecular formula is C21H20N2O6. The number of carbonyl (C=O) groups excluding carboxylic acids is 3. The minimum atomic E-state index is -0.782. The van der Waals surface area contributed by atoms with Gasteiger partial charge in [-0.3, -0.25) is 24.5 Å². The zero-order valence-electron chi connectivity index (χ0n) is 15.6. The highest BCUT2D eigenvalue weighted by Crippen LogP contribution is 2.30. The van der Waals surface area contributed by atoms with Crippen molar-refractivity contribution in [2.45, 2.75) is 44.4 Å². The molecule has 1 aromatic carbocycles. The standard InChI is InChI=1S/C21H20N2O6/c24-18-6-5-17(19(25)22-18)23-11-14-8-12(3-4-16(14)20(23)26)2-1-7-29-15-9-13(10-15)21(27)28/h3-4,8,13,15,17H,5-7,9-11H2,(H,27,28)(H,22,24,25). The number of benzene rings is 1. The predicted molar refractivity (Wildman–Crippen MR) is 99.5 cm³/mol. The minimum absolute atomic E-state index is 0.0508. The second kappa shape index (κ2) is 7.68. The summed E-state index contributed by atoms with van der Waals surface area (Å²) in [5, 5.41) is 11.1. The van der Waals surface area contributed by atoms with Crippen LogP contribution in [0.15, 0.2) is 18.2 Å². The third kappa shape index (κ3) is 3.87. The Bertz CT molecular complexity index is 954. The Hall–Kier alpha value is -3.18. The van der Waals surface area contributed by atoms with Gasteiger partial charge in [-0.05, 0) is 43.0 Å². The molecule has 0 radical (unpaired) electrons. The van der Waals surface area contributed by atoms with E-state index in [1.807, 2.05) is 6.07 Å². The number of ether oxygens (including phenoxy) is 1. The van der Waals surface area contributed by atoms with Crippen LogP contribution >= 0.6 is 0 Å². The molecule has 3 amide bonds. The quantitative estimate of drug-likeness (QED) is 0.572. The summed E-state index contributed by atoms with van der Waals surface area (Å²) in [6, 6.07) is 4.66. The monoisotopic (exact) mass is 396 g/mol. The van der Waals surface area contributed by atoms with E-state index < -0.39 is 17.9 Å². The van der Waals surface area contributed by atoms with Crippen LogP contribution in [0.4, 0.5) is 0 Å². The van der Waals surface area contributed by atoms with Crippen LogP contribution in [0.5, 0.6) is 0 Å². The van der Waals surface area contributed by atoms with Gasteiger partial charge in [0.05, 0.1) is 12.0 Å². The second-order valence-electron chi connectivity index (χ2n) is 7.51. The maximum atomic E-state index is 12.6. The average Bonchev–Trinajstić information content (AvgIpc) is 2.95. The molecule has 1 aliphatic carbocycles. The number of fused-ring (bicyclic) bond motifs is 1. The normalized spacial score (nSPS) is 25.6. The lowest BCUT2D eigenvalue weighted by Gasteiger charge is -2.31. The second-order valence-corrected chi connectivity index (χ2v) is 7.51. The molecule has 2 N–H and O–H groups in total. The molecule has 1 unspecified atom stereocenters. The Labute approximate surface area is 167 Å². The lowest BCUT2D eigenvalue weighted by molar-refractivity contribution is -0.150. The number of piperidine rings is 1. The van der Waals surface area contributed by atoms with Crippen LogP contribution in [0.3, 0.4) is 0 Å². The summed E-state index contributed by atoms with van der Waals surface area (Å²) >= 11 is 0. The number of nitrogens with zero attached hydrogens (tertiary/aromatic N) is 1. The molecule has 0 aromatic heterocycles. The van der Waals surface area contributed by atoms with Crippen molar-refractivity contribution >= 4 is 23.7 Å². The van der Waals surface area contributed by atoms with E-state index in [4.69, 9.17) is 9.84 Å². The first-order chi connectivity index (χ1) is 13.9. The van der Waals surface area contributed by atoms with E-state index in [2.05, 4.69) is 17.2 Å². The molecule has 29 heavy (non-hydrogen) atoms. The van der Waals surface area contributed by atoms with Gasteiger partial charge in [-0.15, -0.1) is 0 Å². The summed E-state index contributed by atoms with van der Waals surface area (Å²) in [6.45, 7) is 0.528. The van der Waals surface area contributed by atoms with Crippen molar-refractivity contribution in [1.82, 2.24) is 10.2 Å². The van der Waals surface area contributed by atoms with Crippen LogP contribution in [-0.2, 0) is 25.7 Å². The number of hydrogen-bond acceptors (Lipinski definition) is 5. The van der Waals surface area contributed by atoms with E-state index in [9.17, 15) is 19.2 Å². The third-order valence-electron chi connectivity index (χ3n) is 5.59. The number of hydrogen-bond donors (Lipinski definition) is 2. The van der Waals surface area contributed by atoms with Crippen molar-refractivity contribution in [2.24, 2.45) is 5.92 Å². The molecule has 2 heterocycles. The van der Waals surface area contributed by atoms with Crippen molar-refractivity contribution in [3.63, 3.8) is 0 Å². The Balaban J connectivity index is 1.35. The summed E-state index contributed by atoms with van der Waals surface area (Å²) < 4.78 is 5.54. The Morgan fingerprint density at radius 2 is 2.07 bits per heavy atom. The first-order valence-electron chi connectivity index (χ1n) is 9.53. The molecule has 3 aliphatic rings. The fourth-order valence-electron chi connectivity index (χ4n) is 3.85. The largest absolute Gasteiger partial charge is 0.481 e. The molecule has 0 bridgehead atoms. The Morgan fingerprint density at radius 1 is 1.28 bits per heavy atom. The SMILES string of the molecule is O=C1CCC(N2Cc3cc(C#CCOC4CC(C(=O)O)C4)ccc3C2=O)C(=O)N1. The van der Waals surface area contributed by atoms with Gasteiger partial charge < -0.3 is 14.7 Å². The number of carbonyl (C=O) groups is 4. The zero-order chi connectivity index (χ0) is 20.5. The number of amides is 3. The molecular weight excluding hydrogens is 376 g/mol. The van der Waals surface area contributed by atoms with E-state index >= 15 is 0 Å². The summed E-state index contributed by atoms with van der Waals surface area (Å²) in [7, 11) is 0. The summed E-state index contributed by atoms with van der Waals surface area (Å²) in [5.41, 5.74) is 2.09. The molecule has 8 heteroatoms. The fraction of sp³-hybridized carbons (Fsp3) is 0.429. The fourth-order valence-corrected chi connectivity index (χ4v) is 3.85. The maximum Gasteiger partial charge on any atom is 0.306 e. The minimum Gasteiger partial charge on any atom is -0.481 e. The molecule has 2 aliphatic heterocycles. The average molecular weight is 396 g/mol. The van der Waals surface area contributed by atoms with E-state index in [0.717, 1.165) is 11.1 Å². The summed E-state index contributed by atoms with van der Waals surface area (Å²) in [5.74, 6) is 3.86. The molecule has 1 saturated carbocycles. The van der Waals surface area contributed by atoms with Crippen LogP contribution in [0.1, 0.15) is 47.2 Å². The van der Waals surface area contributed by atoms with Crippen molar-refractivity contribution in [2.75, 3.05) is 6.61 Å². The van der Waals surface area contributed by atoms with Crippen LogP contribution in [-0.4, -0.2) is 52.4 Å². The van der Waals surface area contributed by atoms with Gasteiger partial charge in [0, 0.05) is 24.1 Å². The van der Waals surface area contributed by atoms with Crippen LogP contribution in [0, 0.1) is 17.8 Å². The highest BCUT2D eigenvalue weighted by molar-refractivity contribution is 6.05. The van der Waals surface area contributed by atoms with Gasteiger partial charge in [0.2, 0.25) is 11.8 Å². The molecule has 4 rings (SSSR count). The van der Waals surface area contributed by atoms with Gasteiger partial charge in [-0.25, -0.2) is 0 Å². The predicted octanol–water partition coefficient (Wildman–Crippen LogP) is 0.679. The number of rotatable bonds is 4. The van der Waals surface area contributed by atoms with Gasteiger partial charge in [-0.1, -0.05) is 11.8 Å². The highest BCUT2D eigenvalue weighted by Gasteiger charge is 2.39. The molecule has 0 spiro atoms. The first kappa shape index (κ1) is 19.2. The molecule has 150 valence electrons. The zero-order valence-corrected chi connectivity index (χ0v) is 15.6. The van der Waals surface area contributed by atoms with Gasteiger partial charge >= 0.3 is 5.97 Å². The Morgan fingerprint density at radius 3 is 2.79 bits per heavy atom.